The van der Waals surface area contributed by atoms with Gasteiger partial charge in [-0.15, -0.1) is 0 Å². The molecule has 2 aliphatic heterocycles. The van der Waals surface area contributed by atoms with E-state index in [9.17, 15) is 0 Å². The van der Waals surface area contributed by atoms with Gasteiger partial charge in [-0.05, 0) is 26.7 Å². The highest BCUT2D eigenvalue weighted by Crippen LogP contribution is 2.31. The van der Waals surface area contributed by atoms with Crippen LogP contribution in [0.4, 0.5) is 0 Å². The quantitative estimate of drug-likeness (QED) is 0.780. The van der Waals surface area contributed by atoms with Crippen molar-refractivity contribution in [3.05, 3.63) is 10.7 Å². The van der Waals surface area contributed by atoms with Gasteiger partial charge in [-0.1, -0.05) is 15.9 Å². The summed E-state index contributed by atoms with van der Waals surface area (Å²) in [7, 11) is 1.74. The molecule has 1 N–H and O–H groups in total. The molecule has 0 saturated heterocycles. The first-order chi connectivity index (χ1) is 9.65. The zero-order valence-electron chi connectivity index (χ0n) is 12.4. The van der Waals surface area contributed by atoms with Gasteiger partial charge in [0, 0.05) is 49.1 Å². The van der Waals surface area contributed by atoms with Crippen LogP contribution in [-0.2, 0) is 4.74 Å². The number of allylic oxidation sites excluding steroid dienone is 1. The van der Waals surface area contributed by atoms with E-state index in [2.05, 4.69) is 49.3 Å². The number of halogens is 1. The minimum Gasteiger partial charge on any atom is -0.385 e. The monoisotopic (exact) mass is 342 g/mol. The van der Waals surface area contributed by atoms with Crippen molar-refractivity contribution in [3.8, 4) is 0 Å². The average molecular weight is 343 g/mol. The highest BCUT2D eigenvalue weighted by atomic mass is 79.9. The standard InChI is InChI=1S/C14H23BrN4O/c1-4-16-14-17-10(2)12-8-11(15)9-19(13(12)18-14)6-5-7-20-3/h9,12-13H,4-8H2,1-3H3,(H,16,18). The Bertz CT molecular complexity index is 433. The molecule has 0 saturated carbocycles. The lowest BCUT2D eigenvalue weighted by Gasteiger charge is -2.43. The third-order valence-electron chi connectivity index (χ3n) is 3.63. The van der Waals surface area contributed by atoms with Gasteiger partial charge in [-0.2, -0.15) is 0 Å². The van der Waals surface area contributed by atoms with Crippen molar-refractivity contribution in [2.24, 2.45) is 15.9 Å². The summed E-state index contributed by atoms with van der Waals surface area (Å²) in [6.45, 7) is 6.62. The maximum atomic E-state index is 5.15. The van der Waals surface area contributed by atoms with Crippen molar-refractivity contribution in [2.45, 2.75) is 32.9 Å². The van der Waals surface area contributed by atoms with E-state index in [1.807, 2.05) is 6.92 Å². The van der Waals surface area contributed by atoms with Crippen LogP contribution in [0.15, 0.2) is 20.7 Å². The number of nitrogens with one attached hydrogen (secondary N) is 1. The van der Waals surface area contributed by atoms with Crippen molar-refractivity contribution >= 4 is 27.6 Å². The number of ether oxygens (including phenoxy) is 1. The summed E-state index contributed by atoms with van der Waals surface area (Å²) in [6.07, 6.45) is 4.43. The molecule has 0 bridgehead atoms. The number of guanidine groups is 1. The molecule has 0 spiro atoms. The number of methoxy groups -OCH3 is 1. The molecule has 112 valence electrons. The number of rotatable bonds is 5. The lowest BCUT2D eigenvalue weighted by molar-refractivity contribution is 0.153. The van der Waals surface area contributed by atoms with E-state index in [1.165, 1.54) is 4.48 Å². The number of aliphatic imine (C=N–C) groups is 2. The van der Waals surface area contributed by atoms with Crippen molar-refractivity contribution in [1.29, 1.82) is 0 Å². The number of fused-ring (bicyclic) bond motifs is 1. The summed E-state index contributed by atoms with van der Waals surface area (Å²) in [5, 5.41) is 3.47. The molecule has 2 atom stereocenters. The second kappa shape index (κ2) is 7.22. The SMILES string of the molecule is CCN=C1N=C(C)C2CC(Br)=CN(CCCOC)C2N1. The van der Waals surface area contributed by atoms with E-state index in [-0.39, 0.29) is 6.17 Å². The molecular formula is C14H23BrN4O. The number of hydrogen-bond donors (Lipinski definition) is 1. The molecule has 0 aromatic heterocycles. The van der Waals surface area contributed by atoms with E-state index in [0.29, 0.717) is 5.92 Å². The highest BCUT2D eigenvalue weighted by Gasteiger charge is 2.35. The van der Waals surface area contributed by atoms with Gasteiger partial charge in [0.2, 0.25) is 5.96 Å². The topological polar surface area (TPSA) is 49.2 Å². The number of hydrogen-bond acceptors (Lipinski definition) is 3. The van der Waals surface area contributed by atoms with Gasteiger partial charge in [-0.3, -0.25) is 4.99 Å². The normalized spacial score (nSPS) is 27.8. The Morgan fingerprint density at radius 2 is 2.40 bits per heavy atom. The van der Waals surface area contributed by atoms with Crippen LogP contribution in [0.1, 0.15) is 26.7 Å². The van der Waals surface area contributed by atoms with Gasteiger partial charge in [0.25, 0.3) is 0 Å². The molecule has 2 rings (SSSR count). The van der Waals surface area contributed by atoms with Crippen molar-refractivity contribution < 1.29 is 4.74 Å². The Morgan fingerprint density at radius 3 is 3.10 bits per heavy atom. The minimum absolute atomic E-state index is 0.246. The van der Waals surface area contributed by atoms with Crippen LogP contribution in [0, 0.1) is 5.92 Å². The van der Waals surface area contributed by atoms with Crippen molar-refractivity contribution in [3.63, 3.8) is 0 Å². The first-order valence-corrected chi connectivity index (χ1v) is 7.92. The fourth-order valence-electron chi connectivity index (χ4n) is 2.67. The van der Waals surface area contributed by atoms with Crippen LogP contribution in [0.3, 0.4) is 0 Å². The zero-order valence-corrected chi connectivity index (χ0v) is 14.0. The fraction of sp³-hybridized carbons (Fsp3) is 0.714. The fourth-order valence-corrected chi connectivity index (χ4v) is 3.28. The molecule has 20 heavy (non-hydrogen) atoms. The molecule has 0 aromatic carbocycles. The molecule has 2 aliphatic rings. The van der Waals surface area contributed by atoms with Crippen LogP contribution < -0.4 is 5.32 Å². The Kier molecular flexibility index (Phi) is 5.60. The van der Waals surface area contributed by atoms with Crippen molar-refractivity contribution in [2.75, 3.05) is 26.8 Å². The first kappa shape index (κ1) is 15.5. The molecule has 0 amide bonds. The second-order valence-corrected chi connectivity index (χ2v) is 6.13. The Balaban J connectivity index is 2.15. The highest BCUT2D eigenvalue weighted by molar-refractivity contribution is 9.11. The van der Waals surface area contributed by atoms with Gasteiger partial charge < -0.3 is 15.0 Å². The third kappa shape index (κ3) is 3.61. The van der Waals surface area contributed by atoms with Crippen LogP contribution >= 0.6 is 15.9 Å². The third-order valence-corrected chi connectivity index (χ3v) is 4.16. The molecule has 0 radical (unpaired) electrons. The molecule has 5 nitrogen and oxygen atoms in total. The molecule has 2 heterocycles. The Labute approximate surface area is 129 Å². The molecule has 6 heteroatoms. The minimum atomic E-state index is 0.246. The Hall–Kier alpha value is -0.880. The van der Waals surface area contributed by atoms with Crippen LogP contribution in [0.5, 0.6) is 0 Å². The average Bonchev–Trinajstić information content (AvgIpc) is 2.41. The predicted octanol–water partition coefficient (Wildman–Crippen LogP) is 2.35. The molecule has 0 aliphatic carbocycles. The predicted molar refractivity (Wildman–Crippen MR) is 86.3 cm³/mol. The largest absolute Gasteiger partial charge is 0.385 e. The maximum absolute atomic E-state index is 5.15. The summed E-state index contributed by atoms with van der Waals surface area (Å²) in [5.74, 6) is 1.15. The van der Waals surface area contributed by atoms with E-state index in [4.69, 9.17) is 4.74 Å². The van der Waals surface area contributed by atoms with Crippen molar-refractivity contribution in [1.82, 2.24) is 10.2 Å². The van der Waals surface area contributed by atoms with Gasteiger partial charge in [0.05, 0.1) is 0 Å². The molecule has 2 unspecified atom stereocenters. The van der Waals surface area contributed by atoms with Crippen LogP contribution in [-0.4, -0.2) is 49.5 Å². The lowest BCUT2D eigenvalue weighted by atomic mass is 9.92. The van der Waals surface area contributed by atoms with E-state index in [1.54, 1.807) is 7.11 Å². The number of nitrogens with zero attached hydrogens (tertiary/aromatic N) is 3. The van der Waals surface area contributed by atoms with Gasteiger partial charge in [0.1, 0.15) is 6.17 Å². The van der Waals surface area contributed by atoms with Gasteiger partial charge in [-0.25, -0.2) is 4.99 Å². The molecular weight excluding hydrogens is 320 g/mol. The summed E-state index contributed by atoms with van der Waals surface area (Å²) < 4.78 is 6.38. The lowest BCUT2D eigenvalue weighted by Crippen LogP contribution is -2.56. The van der Waals surface area contributed by atoms with Crippen LogP contribution in [0.25, 0.3) is 0 Å². The Morgan fingerprint density at radius 1 is 1.60 bits per heavy atom. The smallest absolute Gasteiger partial charge is 0.219 e. The summed E-state index contributed by atoms with van der Waals surface area (Å²) >= 11 is 3.65. The van der Waals surface area contributed by atoms with E-state index >= 15 is 0 Å². The summed E-state index contributed by atoms with van der Waals surface area (Å²) in [5.41, 5.74) is 1.16. The first-order valence-electron chi connectivity index (χ1n) is 7.12. The van der Waals surface area contributed by atoms with E-state index < -0.39 is 0 Å². The van der Waals surface area contributed by atoms with E-state index in [0.717, 1.165) is 44.2 Å². The van der Waals surface area contributed by atoms with Crippen LogP contribution in [0.2, 0.25) is 0 Å². The van der Waals surface area contributed by atoms with Gasteiger partial charge in [0.15, 0.2) is 0 Å². The maximum Gasteiger partial charge on any atom is 0.219 e. The second-order valence-electron chi connectivity index (χ2n) is 5.11. The summed E-state index contributed by atoms with van der Waals surface area (Å²) in [6, 6.07) is 0. The summed E-state index contributed by atoms with van der Waals surface area (Å²) in [4.78, 5) is 11.3. The van der Waals surface area contributed by atoms with Gasteiger partial charge >= 0.3 is 0 Å². The molecule has 0 fully saturated rings. The molecule has 0 aromatic rings. The zero-order chi connectivity index (χ0) is 14.5.